The van der Waals surface area contributed by atoms with E-state index in [2.05, 4.69) is 27.0 Å². The Hall–Kier alpha value is -3.29. The molecular weight excluding hydrogens is 510 g/mol. The molecule has 0 N–H and O–H groups in total. The summed E-state index contributed by atoms with van der Waals surface area (Å²) >= 11 is 6.43. The molecule has 2 amide bonds. The molecule has 0 unspecified atom stereocenters. The van der Waals surface area contributed by atoms with E-state index in [4.69, 9.17) is 11.6 Å². The van der Waals surface area contributed by atoms with Crippen LogP contribution in [0.3, 0.4) is 0 Å². The molecule has 0 atom stereocenters. The van der Waals surface area contributed by atoms with Crippen LogP contribution in [-0.4, -0.2) is 57.8 Å². The lowest BCUT2D eigenvalue weighted by Crippen LogP contribution is -2.38. The lowest BCUT2D eigenvalue weighted by molar-refractivity contribution is -0.118. The van der Waals surface area contributed by atoms with Crippen LogP contribution in [0.2, 0.25) is 5.02 Å². The molecule has 3 aromatic rings. The number of rotatable bonds is 6. The van der Waals surface area contributed by atoms with E-state index in [0.717, 1.165) is 55.8 Å². The van der Waals surface area contributed by atoms with Crippen LogP contribution >= 0.6 is 11.6 Å². The third kappa shape index (κ3) is 7.02. The fourth-order valence-corrected chi connectivity index (χ4v) is 5.28. The minimum atomic E-state index is -0.108. The van der Waals surface area contributed by atoms with Crippen molar-refractivity contribution in [2.45, 2.75) is 58.0 Å². The summed E-state index contributed by atoms with van der Waals surface area (Å²) in [6.45, 7) is 5.83. The molecule has 1 aliphatic heterocycles. The molecule has 2 aliphatic rings. The third-order valence-electron chi connectivity index (χ3n) is 7.40. The van der Waals surface area contributed by atoms with Crippen LogP contribution < -0.4 is 4.90 Å². The molecule has 1 fully saturated rings. The standard InChI is InChI=1S/C31H36ClN5O2/c1-2-7-29(38)37-15-6-14-35(21-23-8-4-3-5-9-23)16-17-36(22-25-12-13-27(32)18-28(25)37)31(39)26-19-33-30(34-20-26)24-10-11-24/h3-5,8-9,12-13,18-20,24H,2,6-7,10-11,14-17,21-22H2,1H3. The predicted molar refractivity (Wildman–Crippen MR) is 154 cm³/mol. The topological polar surface area (TPSA) is 69.6 Å². The van der Waals surface area contributed by atoms with Crippen LogP contribution in [0.5, 0.6) is 0 Å². The fraction of sp³-hybridized carbons (Fsp3) is 0.419. The summed E-state index contributed by atoms with van der Waals surface area (Å²) in [6, 6.07) is 16.0. The molecular formula is C31H36ClN5O2. The highest BCUT2D eigenvalue weighted by Crippen LogP contribution is 2.37. The Morgan fingerprint density at radius 3 is 2.46 bits per heavy atom. The SMILES string of the molecule is CCCC(=O)N1CCCN(Cc2ccccc2)CCN(C(=O)c2cnc(C3CC3)nc2)Cc2ccc(Cl)cc21. The Labute approximate surface area is 235 Å². The minimum Gasteiger partial charge on any atom is -0.333 e. The summed E-state index contributed by atoms with van der Waals surface area (Å²) in [6.07, 6.45) is 7.61. The monoisotopic (exact) mass is 545 g/mol. The number of aromatic nitrogens is 2. The predicted octanol–water partition coefficient (Wildman–Crippen LogP) is 5.69. The van der Waals surface area contributed by atoms with Gasteiger partial charge in [-0.2, -0.15) is 0 Å². The number of halogens is 1. The molecule has 2 aromatic carbocycles. The van der Waals surface area contributed by atoms with Gasteiger partial charge in [-0.15, -0.1) is 0 Å². The summed E-state index contributed by atoms with van der Waals surface area (Å²) in [7, 11) is 0. The highest BCUT2D eigenvalue weighted by atomic mass is 35.5. The molecule has 0 spiro atoms. The van der Waals surface area contributed by atoms with Crippen LogP contribution in [0.1, 0.15) is 72.3 Å². The van der Waals surface area contributed by atoms with Crippen molar-refractivity contribution >= 4 is 29.1 Å². The number of nitrogens with zero attached hydrogens (tertiary/aromatic N) is 5. The van der Waals surface area contributed by atoms with Gasteiger partial charge in [-0.3, -0.25) is 14.5 Å². The number of amides is 2. The summed E-state index contributed by atoms with van der Waals surface area (Å²) in [5.74, 6) is 1.23. The van der Waals surface area contributed by atoms with E-state index >= 15 is 0 Å². The van der Waals surface area contributed by atoms with Gasteiger partial charge in [0.1, 0.15) is 5.82 Å². The highest BCUT2D eigenvalue weighted by Gasteiger charge is 2.28. The van der Waals surface area contributed by atoms with Gasteiger partial charge >= 0.3 is 0 Å². The zero-order valence-electron chi connectivity index (χ0n) is 22.6. The zero-order valence-corrected chi connectivity index (χ0v) is 23.3. The second kappa shape index (κ2) is 12.7. The molecule has 0 bridgehead atoms. The third-order valence-corrected chi connectivity index (χ3v) is 7.64. The summed E-state index contributed by atoms with van der Waals surface area (Å²) < 4.78 is 0. The van der Waals surface area contributed by atoms with Crippen LogP contribution in [0.25, 0.3) is 0 Å². The van der Waals surface area contributed by atoms with Crippen LogP contribution in [0, 0.1) is 0 Å². The maximum atomic E-state index is 13.8. The smallest absolute Gasteiger partial charge is 0.257 e. The Kier molecular flexibility index (Phi) is 8.89. The van der Waals surface area contributed by atoms with Gasteiger partial charge < -0.3 is 9.80 Å². The van der Waals surface area contributed by atoms with E-state index in [1.54, 1.807) is 12.4 Å². The van der Waals surface area contributed by atoms with Crippen molar-refractivity contribution in [1.82, 2.24) is 19.8 Å². The maximum Gasteiger partial charge on any atom is 0.257 e. The van der Waals surface area contributed by atoms with Crippen molar-refractivity contribution < 1.29 is 9.59 Å². The first-order valence-corrected chi connectivity index (χ1v) is 14.4. The molecule has 2 heterocycles. The van der Waals surface area contributed by atoms with Gasteiger partial charge in [0.2, 0.25) is 5.91 Å². The number of fused-ring (bicyclic) bond motifs is 1. The van der Waals surface area contributed by atoms with Gasteiger partial charge in [0.25, 0.3) is 5.91 Å². The van der Waals surface area contributed by atoms with E-state index in [0.29, 0.717) is 49.1 Å². The second-order valence-corrected chi connectivity index (χ2v) is 11.0. The van der Waals surface area contributed by atoms with Crippen molar-refractivity contribution in [3.63, 3.8) is 0 Å². The van der Waals surface area contributed by atoms with E-state index in [1.165, 1.54) is 5.56 Å². The number of hydrogen-bond donors (Lipinski definition) is 0. The minimum absolute atomic E-state index is 0.0804. The van der Waals surface area contributed by atoms with Crippen molar-refractivity contribution in [2.24, 2.45) is 0 Å². The molecule has 1 saturated carbocycles. The fourth-order valence-electron chi connectivity index (χ4n) is 5.12. The first-order valence-electron chi connectivity index (χ1n) is 14.0. The van der Waals surface area contributed by atoms with Gasteiger partial charge in [0.15, 0.2) is 0 Å². The zero-order chi connectivity index (χ0) is 27.2. The first-order chi connectivity index (χ1) is 19.0. The van der Waals surface area contributed by atoms with Gasteiger partial charge in [0.05, 0.1) is 11.3 Å². The van der Waals surface area contributed by atoms with Gasteiger partial charge in [-0.1, -0.05) is 54.9 Å². The molecule has 204 valence electrons. The van der Waals surface area contributed by atoms with E-state index in [-0.39, 0.29) is 11.8 Å². The average Bonchev–Trinajstić information content (AvgIpc) is 3.80. The van der Waals surface area contributed by atoms with Crippen molar-refractivity contribution in [3.8, 4) is 0 Å². The number of carbonyl (C=O) groups excluding carboxylic acids is 2. The van der Waals surface area contributed by atoms with E-state index in [1.807, 2.05) is 53.1 Å². The molecule has 39 heavy (non-hydrogen) atoms. The summed E-state index contributed by atoms with van der Waals surface area (Å²) in [5, 5.41) is 0.575. The lowest BCUT2D eigenvalue weighted by Gasteiger charge is -2.28. The molecule has 0 radical (unpaired) electrons. The normalized spacial score (nSPS) is 16.9. The lowest BCUT2D eigenvalue weighted by atomic mass is 10.1. The van der Waals surface area contributed by atoms with Gasteiger partial charge in [-0.05, 0) is 48.9 Å². The number of anilines is 1. The van der Waals surface area contributed by atoms with Crippen molar-refractivity contribution in [3.05, 3.63) is 88.5 Å². The average molecular weight is 546 g/mol. The Morgan fingerprint density at radius 1 is 0.974 bits per heavy atom. The number of hydrogen-bond acceptors (Lipinski definition) is 5. The largest absolute Gasteiger partial charge is 0.333 e. The summed E-state index contributed by atoms with van der Waals surface area (Å²) in [4.78, 5) is 42.2. The molecule has 1 aromatic heterocycles. The molecule has 7 nitrogen and oxygen atoms in total. The van der Waals surface area contributed by atoms with E-state index < -0.39 is 0 Å². The van der Waals surface area contributed by atoms with E-state index in [9.17, 15) is 9.59 Å². The maximum absolute atomic E-state index is 13.8. The molecule has 1 aliphatic carbocycles. The van der Waals surface area contributed by atoms with Gasteiger partial charge in [-0.25, -0.2) is 9.97 Å². The van der Waals surface area contributed by atoms with Crippen LogP contribution in [0.15, 0.2) is 60.9 Å². The van der Waals surface area contributed by atoms with Crippen LogP contribution in [0.4, 0.5) is 5.69 Å². The molecule has 5 rings (SSSR count). The molecule has 0 saturated heterocycles. The Morgan fingerprint density at radius 2 is 1.74 bits per heavy atom. The first kappa shape index (κ1) is 27.3. The number of benzene rings is 2. The van der Waals surface area contributed by atoms with Crippen LogP contribution in [-0.2, 0) is 17.9 Å². The quantitative estimate of drug-likeness (QED) is 0.398. The Bertz CT molecular complexity index is 1280. The van der Waals surface area contributed by atoms with Crippen molar-refractivity contribution in [2.75, 3.05) is 31.1 Å². The Balaban J connectivity index is 1.47. The summed E-state index contributed by atoms with van der Waals surface area (Å²) in [5.41, 5.74) is 3.40. The highest BCUT2D eigenvalue weighted by molar-refractivity contribution is 6.31. The van der Waals surface area contributed by atoms with Gasteiger partial charge in [0, 0.05) is 69.0 Å². The molecule has 8 heteroatoms. The second-order valence-electron chi connectivity index (χ2n) is 10.5. The number of carbonyl (C=O) groups is 2. The van der Waals surface area contributed by atoms with Crippen molar-refractivity contribution in [1.29, 1.82) is 0 Å².